The van der Waals surface area contributed by atoms with Crippen LogP contribution in [0.4, 0.5) is 0 Å². The monoisotopic (exact) mass is 471 g/mol. The number of hydrogen-bond donors (Lipinski definition) is 0. The average Bonchev–Trinajstić information content (AvgIpc) is 3.30. The number of rotatable bonds is 10. The minimum absolute atomic E-state index is 0.0926. The summed E-state index contributed by atoms with van der Waals surface area (Å²) in [5, 5.41) is 0. The van der Waals surface area contributed by atoms with Crippen LogP contribution in [0.1, 0.15) is 23.7 Å². The van der Waals surface area contributed by atoms with Crippen molar-refractivity contribution in [3.8, 4) is 17.2 Å². The SMILES string of the molecule is CCOc1ccc(CN(C)C(=O)/C=C/c2ccc(OCc3cn4ccccc4n3)cc2)cc1OC. The van der Waals surface area contributed by atoms with Gasteiger partial charge in [0.1, 0.15) is 18.0 Å². The minimum Gasteiger partial charge on any atom is -0.493 e. The molecule has 0 fully saturated rings. The predicted octanol–water partition coefficient (Wildman–Crippen LogP) is 4.99. The zero-order valence-corrected chi connectivity index (χ0v) is 20.2. The van der Waals surface area contributed by atoms with Gasteiger partial charge in [0, 0.05) is 32.1 Å². The molecule has 1 amide bonds. The third-order valence-electron chi connectivity index (χ3n) is 5.42. The fraction of sp³-hybridized carbons (Fsp3) is 0.214. The van der Waals surface area contributed by atoms with Crippen LogP contribution in [0, 0.1) is 0 Å². The van der Waals surface area contributed by atoms with Crippen molar-refractivity contribution in [2.75, 3.05) is 20.8 Å². The lowest BCUT2D eigenvalue weighted by Gasteiger charge is -2.17. The van der Waals surface area contributed by atoms with Gasteiger partial charge in [0.25, 0.3) is 0 Å². The Morgan fingerprint density at radius 3 is 2.63 bits per heavy atom. The van der Waals surface area contributed by atoms with Gasteiger partial charge in [0.05, 0.1) is 19.4 Å². The number of ether oxygens (including phenoxy) is 3. The van der Waals surface area contributed by atoms with E-state index in [0.29, 0.717) is 31.3 Å². The fourth-order valence-corrected chi connectivity index (χ4v) is 3.62. The maximum absolute atomic E-state index is 12.6. The molecule has 35 heavy (non-hydrogen) atoms. The van der Waals surface area contributed by atoms with Crippen molar-refractivity contribution in [2.24, 2.45) is 0 Å². The largest absolute Gasteiger partial charge is 0.493 e. The molecule has 0 N–H and O–H groups in total. The molecule has 0 radical (unpaired) electrons. The Labute approximate surface area is 205 Å². The van der Waals surface area contributed by atoms with E-state index in [-0.39, 0.29) is 5.91 Å². The van der Waals surface area contributed by atoms with Crippen LogP contribution in [0.5, 0.6) is 17.2 Å². The van der Waals surface area contributed by atoms with Crippen molar-refractivity contribution in [1.29, 1.82) is 0 Å². The highest BCUT2D eigenvalue weighted by Crippen LogP contribution is 2.28. The molecule has 0 aliphatic carbocycles. The van der Waals surface area contributed by atoms with Crippen molar-refractivity contribution in [2.45, 2.75) is 20.1 Å². The summed E-state index contributed by atoms with van der Waals surface area (Å²) in [7, 11) is 3.38. The molecular weight excluding hydrogens is 442 g/mol. The molecule has 4 rings (SSSR count). The van der Waals surface area contributed by atoms with Crippen LogP contribution in [0.3, 0.4) is 0 Å². The molecule has 4 aromatic rings. The van der Waals surface area contributed by atoms with Gasteiger partial charge >= 0.3 is 0 Å². The first-order chi connectivity index (χ1) is 17.1. The summed E-state index contributed by atoms with van der Waals surface area (Å²) < 4.78 is 18.8. The summed E-state index contributed by atoms with van der Waals surface area (Å²) in [5.41, 5.74) is 3.62. The zero-order chi connectivity index (χ0) is 24.6. The average molecular weight is 472 g/mol. The topological polar surface area (TPSA) is 65.3 Å². The highest BCUT2D eigenvalue weighted by atomic mass is 16.5. The Morgan fingerprint density at radius 1 is 1.06 bits per heavy atom. The van der Waals surface area contributed by atoms with Gasteiger partial charge in [-0.25, -0.2) is 4.98 Å². The van der Waals surface area contributed by atoms with Gasteiger partial charge in [0.2, 0.25) is 5.91 Å². The number of methoxy groups -OCH3 is 1. The minimum atomic E-state index is -0.0926. The molecular formula is C28H29N3O4. The molecule has 0 saturated carbocycles. The van der Waals surface area contributed by atoms with Gasteiger partial charge in [-0.2, -0.15) is 0 Å². The van der Waals surface area contributed by atoms with Crippen molar-refractivity contribution < 1.29 is 19.0 Å². The first-order valence-electron chi connectivity index (χ1n) is 11.4. The van der Waals surface area contributed by atoms with Crippen LogP contribution < -0.4 is 14.2 Å². The van der Waals surface area contributed by atoms with Crippen LogP contribution in [-0.2, 0) is 17.9 Å². The predicted molar refractivity (Wildman–Crippen MR) is 136 cm³/mol. The molecule has 180 valence electrons. The molecule has 2 aromatic heterocycles. The molecule has 7 nitrogen and oxygen atoms in total. The number of carbonyl (C=O) groups is 1. The Balaban J connectivity index is 1.30. The van der Waals surface area contributed by atoms with Gasteiger partial charge in [-0.15, -0.1) is 0 Å². The number of amides is 1. The van der Waals surface area contributed by atoms with Crippen molar-refractivity contribution in [3.63, 3.8) is 0 Å². The second-order valence-electron chi connectivity index (χ2n) is 8.00. The summed E-state index contributed by atoms with van der Waals surface area (Å²) in [6.45, 7) is 3.34. The summed E-state index contributed by atoms with van der Waals surface area (Å²) >= 11 is 0. The van der Waals surface area contributed by atoms with Gasteiger partial charge in [-0.3, -0.25) is 4.79 Å². The second kappa shape index (κ2) is 11.2. The summed E-state index contributed by atoms with van der Waals surface area (Å²) in [5.74, 6) is 2.00. The molecule has 2 heterocycles. The van der Waals surface area contributed by atoms with Gasteiger partial charge in [-0.05, 0) is 60.5 Å². The molecule has 2 aromatic carbocycles. The molecule has 0 spiro atoms. The van der Waals surface area contributed by atoms with Gasteiger partial charge in [0.15, 0.2) is 11.5 Å². The number of likely N-dealkylation sites (N-methyl/N-ethyl adjacent to an activating group) is 1. The molecule has 7 heteroatoms. The molecule has 0 saturated heterocycles. The van der Waals surface area contributed by atoms with E-state index >= 15 is 0 Å². The fourth-order valence-electron chi connectivity index (χ4n) is 3.62. The third kappa shape index (κ3) is 6.20. The Morgan fingerprint density at radius 2 is 1.89 bits per heavy atom. The number of aromatic nitrogens is 2. The summed E-state index contributed by atoms with van der Waals surface area (Å²) in [6.07, 6.45) is 7.28. The smallest absolute Gasteiger partial charge is 0.246 e. The number of nitrogens with zero attached hydrogens (tertiary/aromatic N) is 3. The quantitative estimate of drug-likeness (QED) is 0.305. The van der Waals surface area contributed by atoms with Crippen molar-refractivity contribution >= 4 is 17.6 Å². The number of fused-ring (bicyclic) bond motifs is 1. The van der Waals surface area contributed by atoms with E-state index < -0.39 is 0 Å². The van der Waals surface area contributed by atoms with Gasteiger partial charge in [-0.1, -0.05) is 24.3 Å². The highest BCUT2D eigenvalue weighted by Gasteiger charge is 2.10. The lowest BCUT2D eigenvalue weighted by molar-refractivity contribution is -0.125. The molecule has 0 unspecified atom stereocenters. The summed E-state index contributed by atoms with van der Waals surface area (Å²) in [4.78, 5) is 18.8. The standard InChI is InChI=1S/C28H29N3O4/c1-4-34-25-14-10-22(17-26(25)33-3)18-30(2)28(32)15-11-21-8-12-24(13-9-21)35-20-23-19-31-16-6-5-7-27(31)29-23/h5-17,19H,4,18,20H2,1-3H3/b15-11+. The molecule has 0 aliphatic heterocycles. The number of imidazole rings is 1. The maximum atomic E-state index is 12.6. The van der Waals surface area contributed by atoms with Crippen molar-refractivity contribution in [1.82, 2.24) is 14.3 Å². The first-order valence-corrected chi connectivity index (χ1v) is 11.4. The number of pyridine rings is 1. The van der Waals surface area contributed by atoms with E-state index in [0.717, 1.165) is 28.2 Å². The van der Waals surface area contributed by atoms with Crippen LogP contribution in [0.15, 0.2) is 79.1 Å². The van der Waals surface area contributed by atoms with Crippen LogP contribution >= 0.6 is 0 Å². The summed E-state index contributed by atoms with van der Waals surface area (Å²) in [6, 6.07) is 19.2. The van der Waals surface area contributed by atoms with E-state index in [4.69, 9.17) is 14.2 Å². The number of hydrogen-bond acceptors (Lipinski definition) is 5. The van der Waals surface area contributed by atoms with Gasteiger partial charge < -0.3 is 23.5 Å². The zero-order valence-electron chi connectivity index (χ0n) is 20.2. The second-order valence-corrected chi connectivity index (χ2v) is 8.00. The Kier molecular flexibility index (Phi) is 7.67. The van der Waals surface area contributed by atoms with Crippen LogP contribution in [-0.4, -0.2) is 41.0 Å². The third-order valence-corrected chi connectivity index (χ3v) is 5.42. The van der Waals surface area contributed by atoms with Crippen molar-refractivity contribution in [3.05, 3.63) is 96.0 Å². The van der Waals surface area contributed by atoms with Crippen LogP contribution in [0.2, 0.25) is 0 Å². The molecule has 0 bridgehead atoms. The maximum Gasteiger partial charge on any atom is 0.246 e. The lowest BCUT2D eigenvalue weighted by atomic mass is 10.1. The Hall–Kier alpha value is -4.26. The van der Waals surface area contributed by atoms with E-state index in [9.17, 15) is 4.79 Å². The molecule has 0 atom stereocenters. The van der Waals surface area contributed by atoms with E-state index in [1.807, 2.05) is 84.4 Å². The van der Waals surface area contributed by atoms with E-state index in [2.05, 4.69) is 4.98 Å². The van der Waals surface area contributed by atoms with E-state index in [1.165, 1.54) is 0 Å². The highest BCUT2D eigenvalue weighted by molar-refractivity contribution is 5.91. The normalized spacial score (nSPS) is 11.1. The number of carbonyl (C=O) groups excluding carboxylic acids is 1. The number of benzene rings is 2. The first kappa shape index (κ1) is 23.9. The lowest BCUT2D eigenvalue weighted by Crippen LogP contribution is -2.24. The Bertz CT molecular complexity index is 1280. The molecule has 0 aliphatic rings. The van der Waals surface area contributed by atoms with Crippen LogP contribution in [0.25, 0.3) is 11.7 Å². The van der Waals surface area contributed by atoms with E-state index in [1.54, 1.807) is 31.2 Å².